The number of benzene rings is 2. The standard InChI is InChI=1S/C16H19IN2/c1-16(2,19)14-6-4-3-5-11(14)9-12-7-8-13(17)10-15(12)18/h3-8,10H,9,18-19H2,1-2H3. The Morgan fingerprint density at radius 1 is 1.05 bits per heavy atom. The van der Waals surface area contributed by atoms with Crippen LogP contribution < -0.4 is 11.5 Å². The van der Waals surface area contributed by atoms with E-state index >= 15 is 0 Å². The van der Waals surface area contributed by atoms with Crippen molar-refractivity contribution in [2.75, 3.05) is 5.73 Å². The molecule has 0 spiro atoms. The monoisotopic (exact) mass is 366 g/mol. The molecule has 0 heterocycles. The smallest absolute Gasteiger partial charge is 0.0360 e. The van der Waals surface area contributed by atoms with Gasteiger partial charge in [-0.3, -0.25) is 0 Å². The van der Waals surface area contributed by atoms with E-state index in [1.165, 1.54) is 11.1 Å². The maximum absolute atomic E-state index is 6.24. The highest BCUT2D eigenvalue weighted by atomic mass is 127. The Morgan fingerprint density at radius 2 is 1.74 bits per heavy atom. The minimum atomic E-state index is -0.339. The summed E-state index contributed by atoms with van der Waals surface area (Å²) in [6.45, 7) is 4.06. The van der Waals surface area contributed by atoms with Gasteiger partial charge in [-0.2, -0.15) is 0 Å². The maximum atomic E-state index is 6.24. The van der Waals surface area contributed by atoms with Crippen molar-refractivity contribution >= 4 is 28.3 Å². The highest BCUT2D eigenvalue weighted by molar-refractivity contribution is 14.1. The molecule has 2 rings (SSSR count). The lowest BCUT2D eigenvalue weighted by Crippen LogP contribution is -2.30. The Labute approximate surface area is 128 Å². The molecule has 0 fully saturated rings. The summed E-state index contributed by atoms with van der Waals surface area (Å²) < 4.78 is 1.16. The summed E-state index contributed by atoms with van der Waals surface area (Å²) in [7, 11) is 0. The Hall–Kier alpha value is -1.07. The van der Waals surface area contributed by atoms with E-state index in [2.05, 4.69) is 46.9 Å². The van der Waals surface area contributed by atoms with Crippen LogP contribution in [0.4, 0.5) is 5.69 Å². The van der Waals surface area contributed by atoms with E-state index in [-0.39, 0.29) is 5.54 Å². The molecule has 2 aromatic rings. The van der Waals surface area contributed by atoms with Crippen molar-refractivity contribution in [3.8, 4) is 0 Å². The lowest BCUT2D eigenvalue weighted by molar-refractivity contribution is 0.549. The van der Waals surface area contributed by atoms with E-state index < -0.39 is 0 Å². The second-order valence-corrected chi connectivity index (χ2v) is 6.64. The van der Waals surface area contributed by atoms with Gasteiger partial charge >= 0.3 is 0 Å². The van der Waals surface area contributed by atoms with Crippen LogP contribution in [-0.4, -0.2) is 0 Å². The molecule has 19 heavy (non-hydrogen) atoms. The molecule has 0 unspecified atom stereocenters. The Kier molecular flexibility index (Phi) is 4.16. The zero-order chi connectivity index (χ0) is 14.0. The fraction of sp³-hybridized carbons (Fsp3) is 0.250. The minimum Gasteiger partial charge on any atom is -0.398 e. The molecule has 0 saturated heterocycles. The molecule has 0 amide bonds. The van der Waals surface area contributed by atoms with Gasteiger partial charge in [0.1, 0.15) is 0 Å². The Balaban J connectivity index is 2.39. The summed E-state index contributed by atoms with van der Waals surface area (Å²) in [5, 5.41) is 0. The third-order valence-corrected chi connectivity index (χ3v) is 3.87. The molecular weight excluding hydrogens is 347 g/mol. The lowest BCUT2D eigenvalue weighted by Gasteiger charge is -2.23. The van der Waals surface area contributed by atoms with Crippen molar-refractivity contribution in [3.05, 3.63) is 62.7 Å². The van der Waals surface area contributed by atoms with Crippen LogP contribution >= 0.6 is 22.6 Å². The number of anilines is 1. The average molecular weight is 366 g/mol. The zero-order valence-corrected chi connectivity index (χ0v) is 13.4. The zero-order valence-electron chi connectivity index (χ0n) is 11.3. The number of halogens is 1. The van der Waals surface area contributed by atoms with Gasteiger partial charge in [0.15, 0.2) is 0 Å². The quantitative estimate of drug-likeness (QED) is 0.644. The van der Waals surface area contributed by atoms with Crippen molar-refractivity contribution in [2.45, 2.75) is 25.8 Å². The molecule has 100 valence electrons. The normalized spacial score (nSPS) is 11.6. The topological polar surface area (TPSA) is 52.0 Å². The highest BCUT2D eigenvalue weighted by Gasteiger charge is 2.18. The van der Waals surface area contributed by atoms with Gasteiger partial charge in [0.25, 0.3) is 0 Å². The number of hydrogen-bond acceptors (Lipinski definition) is 2. The number of hydrogen-bond donors (Lipinski definition) is 2. The molecule has 0 atom stereocenters. The predicted octanol–water partition coefficient (Wildman–Crippen LogP) is 3.66. The van der Waals surface area contributed by atoms with Gasteiger partial charge in [-0.1, -0.05) is 30.3 Å². The fourth-order valence-electron chi connectivity index (χ4n) is 2.24. The van der Waals surface area contributed by atoms with Crippen LogP contribution in [0.25, 0.3) is 0 Å². The minimum absolute atomic E-state index is 0.339. The van der Waals surface area contributed by atoms with Gasteiger partial charge in [0.05, 0.1) is 0 Å². The van der Waals surface area contributed by atoms with Crippen LogP contribution in [0.2, 0.25) is 0 Å². The molecule has 0 radical (unpaired) electrons. The highest BCUT2D eigenvalue weighted by Crippen LogP contribution is 2.26. The summed E-state index contributed by atoms with van der Waals surface area (Å²) in [4.78, 5) is 0. The first kappa shape index (κ1) is 14.3. The van der Waals surface area contributed by atoms with E-state index in [1.54, 1.807) is 0 Å². The van der Waals surface area contributed by atoms with E-state index in [1.807, 2.05) is 32.0 Å². The van der Waals surface area contributed by atoms with Crippen molar-refractivity contribution in [1.82, 2.24) is 0 Å². The molecule has 2 aromatic carbocycles. The largest absolute Gasteiger partial charge is 0.398 e. The molecule has 0 aliphatic carbocycles. The predicted molar refractivity (Wildman–Crippen MR) is 90.0 cm³/mol. The van der Waals surface area contributed by atoms with Crippen molar-refractivity contribution in [2.24, 2.45) is 5.73 Å². The van der Waals surface area contributed by atoms with E-state index in [0.717, 1.165) is 21.2 Å². The van der Waals surface area contributed by atoms with Crippen LogP contribution in [0, 0.1) is 3.57 Å². The van der Waals surface area contributed by atoms with Crippen molar-refractivity contribution in [1.29, 1.82) is 0 Å². The second-order valence-electron chi connectivity index (χ2n) is 5.40. The molecule has 3 heteroatoms. The van der Waals surface area contributed by atoms with Crippen LogP contribution in [-0.2, 0) is 12.0 Å². The average Bonchev–Trinajstić information content (AvgIpc) is 2.32. The van der Waals surface area contributed by atoms with Crippen LogP contribution in [0.1, 0.15) is 30.5 Å². The van der Waals surface area contributed by atoms with E-state index in [9.17, 15) is 0 Å². The molecule has 0 aliphatic heterocycles. The first-order valence-corrected chi connectivity index (χ1v) is 7.37. The molecule has 2 nitrogen and oxygen atoms in total. The van der Waals surface area contributed by atoms with Gasteiger partial charge in [0.2, 0.25) is 0 Å². The molecule has 4 N–H and O–H groups in total. The van der Waals surface area contributed by atoms with Crippen molar-refractivity contribution < 1.29 is 0 Å². The SMILES string of the molecule is CC(C)(N)c1ccccc1Cc1ccc(I)cc1N. The Morgan fingerprint density at radius 3 is 2.37 bits per heavy atom. The van der Waals surface area contributed by atoms with Gasteiger partial charge in [0, 0.05) is 14.8 Å². The fourth-order valence-corrected chi connectivity index (χ4v) is 2.75. The van der Waals surface area contributed by atoms with Crippen LogP contribution in [0.3, 0.4) is 0 Å². The van der Waals surface area contributed by atoms with Crippen LogP contribution in [0.5, 0.6) is 0 Å². The summed E-state index contributed by atoms with van der Waals surface area (Å²) in [6, 6.07) is 14.5. The third-order valence-electron chi connectivity index (χ3n) is 3.20. The first-order valence-electron chi connectivity index (χ1n) is 6.29. The van der Waals surface area contributed by atoms with Crippen LogP contribution in [0.15, 0.2) is 42.5 Å². The summed E-state index contributed by atoms with van der Waals surface area (Å²) in [5.74, 6) is 0. The number of nitrogens with two attached hydrogens (primary N) is 2. The van der Waals surface area contributed by atoms with Crippen molar-refractivity contribution in [3.63, 3.8) is 0 Å². The first-order chi connectivity index (χ1) is 8.88. The van der Waals surface area contributed by atoms with E-state index in [4.69, 9.17) is 11.5 Å². The second kappa shape index (κ2) is 5.51. The number of nitrogen functional groups attached to an aromatic ring is 1. The lowest BCUT2D eigenvalue weighted by atomic mass is 9.88. The summed E-state index contributed by atoms with van der Waals surface area (Å²) in [6.07, 6.45) is 0.819. The van der Waals surface area contributed by atoms with Gasteiger partial charge in [-0.25, -0.2) is 0 Å². The van der Waals surface area contributed by atoms with Gasteiger partial charge in [-0.05, 0) is 71.7 Å². The number of rotatable bonds is 3. The summed E-state index contributed by atoms with van der Waals surface area (Å²) >= 11 is 2.27. The molecule has 0 saturated carbocycles. The molecule has 0 aromatic heterocycles. The molecule has 0 aliphatic rings. The van der Waals surface area contributed by atoms with E-state index in [0.29, 0.717) is 0 Å². The maximum Gasteiger partial charge on any atom is 0.0360 e. The third kappa shape index (κ3) is 3.48. The Bertz CT molecular complexity index is 586. The molecule has 0 bridgehead atoms. The van der Waals surface area contributed by atoms with Gasteiger partial charge in [-0.15, -0.1) is 0 Å². The summed E-state index contributed by atoms with van der Waals surface area (Å²) in [5.41, 5.74) is 16.4. The van der Waals surface area contributed by atoms with Gasteiger partial charge < -0.3 is 11.5 Å². The molecular formula is C16H19IN2.